The summed E-state index contributed by atoms with van der Waals surface area (Å²) in [5, 5.41) is 3.11. The minimum absolute atomic E-state index is 0.0403. The molecule has 0 spiro atoms. The van der Waals surface area contributed by atoms with Crippen LogP contribution in [0.4, 0.5) is 0 Å². The van der Waals surface area contributed by atoms with Crippen LogP contribution in [-0.2, 0) is 11.3 Å². The SMILES string of the molecule is CCCOc1ccc(OCC(=O)NC2CCN(Cc3cccc(C)c3)CC2)cc1. The predicted molar refractivity (Wildman–Crippen MR) is 115 cm³/mol. The average molecular weight is 397 g/mol. The highest BCUT2D eigenvalue weighted by Crippen LogP contribution is 2.18. The molecule has 1 aliphatic heterocycles. The molecule has 0 radical (unpaired) electrons. The van der Waals surface area contributed by atoms with Crippen molar-refractivity contribution >= 4 is 5.91 Å². The van der Waals surface area contributed by atoms with Gasteiger partial charge in [0.15, 0.2) is 6.61 Å². The fourth-order valence-corrected chi connectivity index (χ4v) is 3.57. The second-order valence-corrected chi connectivity index (χ2v) is 7.72. The minimum atomic E-state index is -0.0616. The summed E-state index contributed by atoms with van der Waals surface area (Å²) >= 11 is 0. The monoisotopic (exact) mass is 396 g/mol. The van der Waals surface area contributed by atoms with Crippen LogP contribution in [0.3, 0.4) is 0 Å². The Morgan fingerprint density at radius 1 is 1.07 bits per heavy atom. The number of carbonyl (C=O) groups excluding carboxylic acids is 1. The van der Waals surface area contributed by atoms with E-state index in [9.17, 15) is 4.79 Å². The van der Waals surface area contributed by atoms with Crippen LogP contribution in [-0.4, -0.2) is 43.2 Å². The maximum atomic E-state index is 12.2. The first-order chi connectivity index (χ1) is 14.1. The zero-order valence-electron chi connectivity index (χ0n) is 17.5. The highest BCUT2D eigenvalue weighted by molar-refractivity contribution is 5.77. The second-order valence-electron chi connectivity index (χ2n) is 7.72. The minimum Gasteiger partial charge on any atom is -0.494 e. The zero-order valence-corrected chi connectivity index (χ0v) is 17.5. The number of nitrogens with zero attached hydrogens (tertiary/aromatic N) is 1. The maximum Gasteiger partial charge on any atom is 0.258 e. The predicted octanol–water partition coefficient (Wildman–Crippen LogP) is 3.94. The van der Waals surface area contributed by atoms with Crippen molar-refractivity contribution in [3.8, 4) is 11.5 Å². The Morgan fingerprint density at radius 3 is 2.41 bits per heavy atom. The quantitative estimate of drug-likeness (QED) is 0.697. The van der Waals surface area contributed by atoms with Crippen molar-refractivity contribution in [2.45, 2.75) is 45.7 Å². The van der Waals surface area contributed by atoms with Crippen molar-refractivity contribution in [3.05, 3.63) is 59.7 Å². The molecule has 2 aromatic rings. The molecule has 5 heteroatoms. The standard InChI is InChI=1S/C24H32N2O3/c1-3-15-28-22-7-9-23(10-8-22)29-18-24(27)25-21-11-13-26(14-12-21)17-20-6-4-5-19(2)16-20/h4-10,16,21H,3,11-15,17-18H2,1-2H3,(H,25,27). The van der Waals surface area contributed by atoms with Gasteiger partial charge in [-0.25, -0.2) is 0 Å². The van der Waals surface area contributed by atoms with Crippen LogP contribution in [0, 0.1) is 6.92 Å². The molecule has 3 rings (SSSR count). The molecule has 1 amide bonds. The molecule has 1 fully saturated rings. The van der Waals surface area contributed by atoms with Gasteiger partial charge in [-0.15, -0.1) is 0 Å². The molecule has 156 valence electrons. The fraction of sp³-hybridized carbons (Fsp3) is 0.458. The Bertz CT molecular complexity index is 768. The van der Waals surface area contributed by atoms with Gasteiger partial charge in [0.05, 0.1) is 6.61 Å². The highest BCUT2D eigenvalue weighted by atomic mass is 16.5. The number of nitrogens with one attached hydrogen (secondary N) is 1. The molecule has 1 N–H and O–H groups in total. The summed E-state index contributed by atoms with van der Waals surface area (Å²) < 4.78 is 11.2. The number of carbonyl (C=O) groups is 1. The summed E-state index contributed by atoms with van der Waals surface area (Å²) in [7, 11) is 0. The lowest BCUT2D eigenvalue weighted by Crippen LogP contribution is -2.45. The van der Waals surface area contributed by atoms with Crippen molar-refractivity contribution in [1.29, 1.82) is 0 Å². The Kier molecular flexibility index (Phi) is 7.94. The lowest BCUT2D eigenvalue weighted by atomic mass is 10.0. The molecular formula is C24H32N2O3. The van der Waals surface area contributed by atoms with Gasteiger partial charge in [0.25, 0.3) is 5.91 Å². The molecule has 1 heterocycles. The average Bonchev–Trinajstić information content (AvgIpc) is 2.73. The van der Waals surface area contributed by atoms with Crippen molar-refractivity contribution < 1.29 is 14.3 Å². The molecule has 0 aliphatic carbocycles. The third-order valence-corrected chi connectivity index (χ3v) is 5.11. The number of piperidine rings is 1. The second kappa shape index (κ2) is 10.9. The fourth-order valence-electron chi connectivity index (χ4n) is 3.57. The number of benzene rings is 2. The van der Waals surface area contributed by atoms with Gasteiger partial charge in [0.1, 0.15) is 11.5 Å². The Labute approximate surface area is 174 Å². The van der Waals surface area contributed by atoms with Gasteiger partial charge in [-0.1, -0.05) is 36.8 Å². The van der Waals surface area contributed by atoms with E-state index in [4.69, 9.17) is 9.47 Å². The molecule has 1 aliphatic rings. The topological polar surface area (TPSA) is 50.8 Å². The first-order valence-electron chi connectivity index (χ1n) is 10.6. The van der Waals surface area contributed by atoms with Crippen LogP contribution in [0.5, 0.6) is 11.5 Å². The number of amides is 1. The van der Waals surface area contributed by atoms with Crippen molar-refractivity contribution in [2.24, 2.45) is 0 Å². The molecule has 29 heavy (non-hydrogen) atoms. The Hall–Kier alpha value is -2.53. The van der Waals surface area contributed by atoms with Crippen LogP contribution in [0.15, 0.2) is 48.5 Å². The number of hydrogen-bond acceptors (Lipinski definition) is 4. The van der Waals surface area contributed by atoms with Gasteiger partial charge in [-0.3, -0.25) is 9.69 Å². The van der Waals surface area contributed by atoms with Gasteiger partial charge in [-0.2, -0.15) is 0 Å². The molecule has 5 nitrogen and oxygen atoms in total. The first-order valence-corrected chi connectivity index (χ1v) is 10.6. The van der Waals surface area contributed by atoms with Gasteiger partial charge < -0.3 is 14.8 Å². The third-order valence-electron chi connectivity index (χ3n) is 5.11. The van der Waals surface area contributed by atoms with Gasteiger partial charge in [0.2, 0.25) is 0 Å². The molecule has 1 saturated heterocycles. The molecule has 0 bridgehead atoms. The van der Waals surface area contributed by atoms with E-state index >= 15 is 0 Å². The van der Waals surface area contributed by atoms with Gasteiger partial charge in [0, 0.05) is 25.7 Å². The van der Waals surface area contributed by atoms with E-state index in [-0.39, 0.29) is 18.6 Å². The number of aryl methyl sites for hydroxylation is 1. The van der Waals surface area contributed by atoms with E-state index in [0.29, 0.717) is 12.4 Å². The summed E-state index contributed by atoms with van der Waals surface area (Å²) in [5.74, 6) is 1.44. The number of hydrogen-bond donors (Lipinski definition) is 1. The van der Waals surface area contributed by atoms with Crippen LogP contribution in [0.2, 0.25) is 0 Å². The van der Waals surface area contributed by atoms with Gasteiger partial charge >= 0.3 is 0 Å². The Morgan fingerprint density at radius 2 is 1.76 bits per heavy atom. The summed E-state index contributed by atoms with van der Waals surface area (Å²) in [6, 6.07) is 16.3. The molecule has 0 aromatic heterocycles. The third kappa shape index (κ3) is 7.09. The normalized spacial score (nSPS) is 15.1. The lowest BCUT2D eigenvalue weighted by Gasteiger charge is -2.32. The lowest BCUT2D eigenvalue weighted by molar-refractivity contribution is -0.124. The number of likely N-dealkylation sites (tertiary alicyclic amines) is 1. The van der Waals surface area contributed by atoms with E-state index in [1.807, 2.05) is 24.3 Å². The van der Waals surface area contributed by atoms with E-state index in [1.54, 1.807) is 0 Å². The van der Waals surface area contributed by atoms with E-state index < -0.39 is 0 Å². The van der Waals surface area contributed by atoms with E-state index in [2.05, 4.69) is 48.3 Å². The summed E-state index contributed by atoms with van der Waals surface area (Å²) in [5.41, 5.74) is 2.65. The van der Waals surface area contributed by atoms with Crippen molar-refractivity contribution in [3.63, 3.8) is 0 Å². The zero-order chi connectivity index (χ0) is 20.5. The van der Waals surface area contributed by atoms with Crippen LogP contribution < -0.4 is 14.8 Å². The number of rotatable bonds is 9. The molecular weight excluding hydrogens is 364 g/mol. The molecule has 0 unspecified atom stereocenters. The van der Waals surface area contributed by atoms with Crippen LogP contribution >= 0.6 is 0 Å². The largest absolute Gasteiger partial charge is 0.494 e. The number of ether oxygens (including phenoxy) is 2. The van der Waals surface area contributed by atoms with Crippen LogP contribution in [0.25, 0.3) is 0 Å². The molecule has 0 saturated carbocycles. The van der Waals surface area contributed by atoms with Crippen molar-refractivity contribution in [1.82, 2.24) is 10.2 Å². The first kappa shape index (κ1) is 21.2. The Balaban J connectivity index is 1.35. The van der Waals surface area contributed by atoms with E-state index in [1.165, 1.54) is 11.1 Å². The van der Waals surface area contributed by atoms with Crippen molar-refractivity contribution in [2.75, 3.05) is 26.3 Å². The smallest absolute Gasteiger partial charge is 0.258 e. The maximum absolute atomic E-state index is 12.2. The summed E-state index contributed by atoms with van der Waals surface area (Å²) in [6.45, 7) is 7.92. The van der Waals surface area contributed by atoms with Crippen LogP contribution in [0.1, 0.15) is 37.3 Å². The molecule has 2 aromatic carbocycles. The van der Waals surface area contributed by atoms with Gasteiger partial charge in [-0.05, 0) is 56.0 Å². The highest BCUT2D eigenvalue weighted by Gasteiger charge is 2.20. The summed E-state index contributed by atoms with van der Waals surface area (Å²) in [4.78, 5) is 14.7. The molecule has 0 atom stereocenters. The summed E-state index contributed by atoms with van der Waals surface area (Å²) in [6.07, 6.45) is 2.92. The van der Waals surface area contributed by atoms with E-state index in [0.717, 1.165) is 44.6 Å².